The Hall–Kier alpha value is -7.30. The smallest absolute Gasteiger partial charge is 0.235 e. The first-order valence-corrected chi connectivity index (χ1v) is 18.3. The molecule has 54 heavy (non-hydrogen) atoms. The number of fused-ring (bicyclic) bond motifs is 12. The number of hydrogen-bond acceptors (Lipinski definition) is 3. The largest absolute Gasteiger partial charge is 0.455 e. The molecule has 12 aromatic rings. The van der Waals surface area contributed by atoms with E-state index in [4.69, 9.17) is 14.4 Å². The number of hydrogen-bond donors (Lipinski definition) is 0. The summed E-state index contributed by atoms with van der Waals surface area (Å²) in [7, 11) is 0. The molecule has 0 aliphatic rings. The summed E-state index contributed by atoms with van der Waals surface area (Å²) < 4.78 is 8.74. The second kappa shape index (κ2) is 11.1. The molecule has 3 aromatic heterocycles. The molecule has 9 aromatic carbocycles. The normalized spacial score (nSPS) is 12.1. The van der Waals surface area contributed by atoms with E-state index in [2.05, 4.69) is 168 Å². The molecule has 0 spiro atoms. The van der Waals surface area contributed by atoms with Gasteiger partial charge in [0.05, 0.1) is 22.2 Å². The van der Waals surface area contributed by atoms with Crippen molar-refractivity contribution in [3.63, 3.8) is 0 Å². The lowest BCUT2D eigenvalue weighted by atomic mass is 9.96. The van der Waals surface area contributed by atoms with Crippen LogP contribution < -0.4 is 0 Å². The third kappa shape index (κ3) is 4.19. The molecule has 0 radical (unpaired) electrons. The van der Waals surface area contributed by atoms with E-state index in [-0.39, 0.29) is 0 Å². The lowest BCUT2D eigenvalue weighted by Gasteiger charge is -2.14. The maximum atomic E-state index is 6.50. The highest BCUT2D eigenvalue weighted by atomic mass is 16.3. The summed E-state index contributed by atoms with van der Waals surface area (Å²) in [4.78, 5) is 10.9. The topological polar surface area (TPSA) is 43.9 Å². The Bertz CT molecular complexity index is 3490. The highest BCUT2D eigenvalue weighted by Crippen LogP contribution is 2.41. The summed E-state index contributed by atoms with van der Waals surface area (Å²) in [6.07, 6.45) is 0. The molecule has 0 atom stereocenters. The minimum Gasteiger partial charge on any atom is -0.455 e. The molecule has 12 rings (SSSR count). The van der Waals surface area contributed by atoms with Crippen LogP contribution in [-0.2, 0) is 0 Å². The van der Waals surface area contributed by atoms with Crippen LogP contribution in [0.5, 0.6) is 0 Å². The van der Waals surface area contributed by atoms with Crippen molar-refractivity contribution in [1.29, 1.82) is 0 Å². The molecule has 0 saturated heterocycles. The van der Waals surface area contributed by atoms with Gasteiger partial charge < -0.3 is 4.42 Å². The SMILES string of the molecule is c1ccc2c(-c3ccc(-c4nc(-n5c6ccccc6c6cc7c(ccc8c9ccccc9oc78)cc65)nc5c4ccc4ccccc45)cc3)cccc2c1. The molecule has 4 heteroatoms. The van der Waals surface area contributed by atoms with E-state index in [0.717, 1.165) is 87.4 Å². The van der Waals surface area contributed by atoms with E-state index in [1.807, 2.05) is 12.1 Å². The maximum Gasteiger partial charge on any atom is 0.235 e. The van der Waals surface area contributed by atoms with Crippen molar-refractivity contribution >= 4 is 87.0 Å². The summed E-state index contributed by atoms with van der Waals surface area (Å²) in [6.45, 7) is 0. The van der Waals surface area contributed by atoms with Crippen molar-refractivity contribution < 1.29 is 4.42 Å². The Kier molecular flexibility index (Phi) is 6.02. The second-order valence-electron chi connectivity index (χ2n) is 14.1. The average Bonchev–Trinajstić information content (AvgIpc) is 3.78. The molecular formula is C50H29N3O. The maximum absolute atomic E-state index is 6.50. The Morgan fingerprint density at radius 3 is 1.93 bits per heavy atom. The van der Waals surface area contributed by atoms with Gasteiger partial charge in [-0.2, -0.15) is 0 Å². The predicted octanol–water partition coefficient (Wildman–Crippen LogP) is 13.4. The fourth-order valence-electron chi connectivity index (χ4n) is 8.64. The minimum absolute atomic E-state index is 0.641. The number of para-hydroxylation sites is 2. The predicted molar refractivity (Wildman–Crippen MR) is 225 cm³/mol. The summed E-state index contributed by atoms with van der Waals surface area (Å²) in [6, 6.07) is 62.6. The summed E-state index contributed by atoms with van der Waals surface area (Å²) in [5, 5.41) is 12.5. The lowest BCUT2D eigenvalue weighted by Crippen LogP contribution is -2.04. The zero-order chi connectivity index (χ0) is 35.3. The molecule has 0 unspecified atom stereocenters. The molecule has 250 valence electrons. The van der Waals surface area contributed by atoms with Crippen LogP contribution in [0.25, 0.3) is 115 Å². The summed E-state index contributed by atoms with van der Waals surface area (Å²) in [5.41, 5.74) is 9.19. The highest BCUT2D eigenvalue weighted by molar-refractivity contribution is 6.21. The molecule has 0 N–H and O–H groups in total. The number of aromatic nitrogens is 3. The van der Waals surface area contributed by atoms with Crippen molar-refractivity contribution in [2.24, 2.45) is 0 Å². The first-order valence-electron chi connectivity index (χ1n) is 18.3. The van der Waals surface area contributed by atoms with Crippen LogP contribution >= 0.6 is 0 Å². The van der Waals surface area contributed by atoms with Gasteiger partial charge in [-0.25, -0.2) is 9.97 Å². The fraction of sp³-hybridized carbons (Fsp3) is 0. The highest BCUT2D eigenvalue weighted by Gasteiger charge is 2.20. The molecule has 0 amide bonds. The van der Waals surface area contributed by atoms with E-state index >= 15 is 0 Å². The number of rotatable bonds is 3. The van der Waals surface area contributed by atoms with Gasteiger partial charge in [-0.3, -0.25) is 4.57 Å². The zero-order valence-electron chi connectivity index (χ0n) is 29.0. The van der Waals surface area contributed by atoms with Crippen LogP contribution in [0, 0.1) is 0 Å². The van der Waals surface area contributed by atoms with Gasteiger partial charge in [-0.1, -0.05) is 140 Å². The Morgan fingerprint density at radius 1 is 0.389 bits per heavy atom. The standard InChI is InChI=1S/C50H29N3O/c1-3-13-35-30(10-1)12-9-17-36(35)32-20-22-33(23-21-32)47-41-27-24-31-11-2-4-14-37(31)48(41)52-50(51-47)53-44-18-7-5-15-38(44)43-29-42-34(28-45(43)53)25-26-40-39-16-6-8-19-46(39)54-49(40)42/h1-29H. The first kappa shape index (κ1) is 29.3. The molecule has 0 bridgehead atoms. The van der Waals surface area contributed by atoms with Gasteiger partial charge >= 0.3 is 0 Å². The molecule has 0 aliphatic carbocycles. The van der Waals surface area contributed by atoms with Gasteiger partial charge in [0.1, 0.15) is 11.2 Å². The van der Waals surface area contributed by atoms with E-state index < -0.39 is 0 Å². The van der Waals surface area contributed by atoms with Gasteiger partial charge in [-0.05, 0) is 69.1 Å². The van der Waals surface area contributed by atoms with E-state index in [1.165, 1.54) is 21.9 Å². The van der Waals surface area contributed by atoms with Gasteiger partial charge in [0.2, 0.25) is 5.95 Å². The first-order chi connectivity index (χ1) is 26.8. The van der Waals surface area contributed by atoms with Gasteiger partial charge in [-0.15, -0.1) is 0 Å². The number of furan rings is 1. The van der Waals surface area contributed by atoms with Crippen molar-refractivity contribution in [3.05, 3.63) is 176 Å². The summed E-state index contributed by atoms with van der Waals surface area (Å²) in [5.74, 6) is 0.641. The van der Waals surface area contributed by atoms with Crippen molar-refractivity contribution in [2.45, 2.75) is 0 Å². The van der Waals surface area contributed by atoms with Crippen molar-refractivity contribution in [2.75, 3.05) is 0 Å². The second-order valence-corrected chi connectivity index (χ2v) is 14.1. The Morgan fingerprint density at radius 2 is 1.06 bits per heavy atom. The fourth-order valence-corrected chi connectivity index (χ4v) is 8.64. The van der Waals surface area contributed by atoms with E-state index in [9.17, 15) is 0 Å². The lowest BCUT2D eigenvalue weighted by molar-refractivity contribution is 0.672. The number of nitrogens with zero attached hydrogens (tertiary/aromatic N) is 3. The summed E-state index contributed by atoms with van der Waals surface area (Å²) >= 11 is 0. The minimum atomic E-state index is 0.641. The Balaban J connectivity index is 1.12. The van der Waals surface area contributed by atoms with Crippen LogP contribution in [0.4, 0.5) is 0 Å². The molecule has 0 aliphatic heterocycles. The van der Waals surface area contributed by atoms with Crippen LogP contribution in [-0.4, -0.2) is 14.5 Å². The van der Waals surface area contributed by atoms with Crippen LogP contribution in [0.15, 0.2) is 180 Å². The van der Waals surface area contributed by atoms with Crippen LogP contribution in [0.3, 0.4) is 0 Å². The van der Waals surface area contributed by atoms with Crippen LogP contribution in [0.2, 0.25) is 0 Å². The van der Waals surface area contributed by atoms with Gasteiger partial charge in [0.15, 0.2) is 0 Å². The van der Waals surface area contributed by atoms with Crippen molar-refractivity contribution in [1.82, 2.24) is 14.5 Å². The molecule has 4 nitrogen and oxygen atoms in total. The molecular weight excluding hydrogens is 659 g/mol. The monoisotopic (exact) mass is 687 g/mol. The van der Waals surface area contributed by atoms with Crippen LogP contribution in [0.1, 0.15) is 0 Å². The molecule has 0 saturated carbocycles. The quantitative estimate of drug-likeness (QED) is 0.174. The number of benzene rings is 9. The van der Waals surface area contributed by atoms with E-state index in [0.29, 0.717) is 5.95 Å². The third-order valence-electron chi connectivity index (χ3n) is 11.2. The van der Waals surface area contributed by atoms with Gasteiger partial charge in [0.25, 0.3) is 0 Å². The zero-order valence-corrected chi connectivity index (χ0v) is 29.0. The third-order valence-corrected chi connectivity index (χ3v) is 11.2. The average molecular weight is 688 g/mol. The van der Waals surface area contributed by atoms with Gasteiger partial charge in [0, 0.05) is 43.3 Å². The van der Waals surface area contributed by atoms with E-state index in [1.54, 1.807) is 0 Å². The molecule has 3 heterocycles. The Labute approximate surface area is 309 Å². The molecule has 0 fully saturated rings. The van der Waals surface area contributed by atoms with Crippen molar-refractivity contribution in [3.8, 4) is 28.3 Å².